The smallest absolute Gasteiger partial charge is 0.335 e. The Labute approximate surface area is 164 Å². The molecule has 27 heavy (non-hydrogen) atoms. The van der Waals surface area contributed by atoms with Crippen molar-refractivity contribution in [1.29, 1.82) is 0 Å². The number of carboxylic acids is 1. The number of benzene rings is 2. The molecule has 0 aliphatic heterocycles. The van der Waals surface area contributed by atoms with Crippen molar-refractivity contribution in [2.24, 2.45) is 0 Å². The highest BCUT2D eigenvalue weighted by atomic mass is 35.5. The van der Waals surface area contributed by atoms with Crippen LogP contribution in [0, 0.1) is 0 Å². The number of carboxylic acid groups (broad SMARTS) is 1. The zero-order chi connectivity index (χ0) is 19.4. The molecular weight excluding hydrogens is 386 g/mol. The normalized spacial score (nSPS) is 16.3. The van der Waals surface area contributed by atoms with Gasteiger partial charge in [-0.05, 0) is 79.1 Å². The molecule has 5 nitrogen and oxygen atoms in total. The van der Waals surface area contributed by atoms with E-state index in [1.165, 1.54) is 17.7 Å². The van der Waals surface area contributed by atoms with E-state index in [0.717, 1.165) is 37.7 Å². The second-order valence-electron chi connectivity index (χ2n) is 6.80. The van der Waals surface area contributed by atoms with Crippen LogP contribution in [-0.2, 0) is 16.4 Å². The molecule has 1 atom stereocenters. The van der Waals surface area contributed by atoms with Crippen molar-refractivity contribution in [3.05, 3.63) is 64.2 Å². The number of sulfonamides is 1. The lowest BCUT2D eigenvalue weighted by Crippen LogP contribution is -2.24. The Morgan fingerprint density at radius 2 is 1.89 bits per heavy atom. The number of aromatic carboxylic acids is 1. The first-order chi connectivity index (χ1) is 12.9. The average molecular weight is 408 g/mol. The van der Waals surface area contributed by atoms with Crippen LogP contribution in [0.5, 0.6) is 0 Å². The van der Waals surface area contributed by atoms with Crippen molar-refractivity contribution in [3.63, 3.8) is 0 Å². The van der Waals surface area contributed by atoms with Gasteiger partial charge in [-0.1, -0.05) is 24.1 Å². The van der Waals surface area contributed by atoms with Crippen molar-refractivity contribution in [1.82, 2.24) is 4.72 Å². The van der Waals surface area contributed by atoms with Gasteiger partial charge in [0.05, 0.1) is 10.5 Å². The third kappa shape index (κ3) is 4.89. The summed E-state index contributed by atoms with van der Waals surface area (Å²) in [4.78, 5) is 11.3. The van der Waals surface area contributed by atoms with E-state index in [4.69, 9.17) is 16.7 Å². The highest BCUT2D eigenvalue weighted by molar-refractivity contribution is 7.89. The summed E-state index contributed by atoms with van der Waals surface area (Å²) in [6.07, 6.45) is 4.57. The Bertz CT molecular complexity index is 925. The van der Waals surface area contributed by atoms with Crippen LogP contribution < -0.4 is 4.72 Å². The Balaban J connectivity index is 1.46. The van der Waals surface area contributed by atoms with Gasteiger partial charge in [0.15, 0.2) is 0 Å². The number of unbranched alkanes of at least 4 members (excludes halogenated alkanes) is 1. The number of nitrogens with one attached hydrogen (secondary N) is 1. The molecule has 0 bridgehead atoms. The fourth-order valence-electron chi connectivity index (χ4n) is 3.56. The van der Waals surface area contributed by atoms with Gasteiger partial charge < -0.3 is 5.11 Å². The predicted octanol–water partition coefficient (Wildman–Crippen LogP) is 4.22. The molecule has 0 saturated carbocycles. The van der Waals surface area contributed by atoms with Gasteiger partial charge in [-0.15, -0.1) is 0 Å². The zero-order valence-electron chi connectivity index (χ0n) is 14.8. The molecule has 0 amide bonds. The minimum absolute atomic E-state index is 0.214. The van der Waals surface area contributed by atoms with Crippen LogP contribution in [0.4, 0.5) is 0 Å². The summed E-state index contributed by atoms with van der Waals surface area (Å²) >= 11 is 5.79. The van der Waals surface area contributed by atoms with Crippen molar-refractivity contribution in [2.45, 2.75) is 42.9 Å². The quantitative estimate of drug-likeness (QED) is 0.642. The SMILES string of the molecule is O=C(O)c1ccc2c(c1)CCC2CCCCNS(=O)(=O)c1ccc(Cl)cc1. The molecule has 7 heteroatoms. The van der Waals surface area contributed by atoms with E-state index in [2.05, 4.69) is 4.72 Å². The van der Waals surface area contributed by atoms with Crippen molar-refractivity contribution in [2.75, 3.05) is 6.54 Å². The molecule has 3 rings (SSSR count). The highest BCUT2D eigenvalue weighted by Gasteiger charge is 2.23. The summed E-state index contributed by atoms with van der Waals surface area (Å²) < 4.78 is 27.0. The molecule has 2 aromatic carbocycles. The summed E-state index contributed by atoms with van der Waals surface area (Å²) in [6.45, 7) is 0.391. The minimum Gasteiger partial charge on any atom is -0.478 e. The molecule has 2 aromatic rings. The van der Waals surface area contributed by atoms with Gasteiger partial charge in [-0.2, -0.15) is 0 Å². The van der Waals surface area contributed by atoms with Gasteiger partial charge in [-0.3, -0.25) is 0 Å². The highest BCUT2D eigenvalue weighted by Crippen LogP contribution is 2.37. The number of hydrogen-bond donors (Lipinski definition) is 2. The molecular formula is C20H22ClNO4S. The van der Waals surface area contributed by atoms with Gasteiger partial charge in [0, 0.05) is 11.6 Å². The third-order valence-corrected chi connectivity index (χ3v) is 6.72. The lowest BCUT2D eigenvalue weighted by molar-refractivity contribution is 0.0696. The number of fused-ring (bicyclic) bond motifs is 1. The second-order valence-corrected chi connectivity index (χ2v) is 9.01. The van der Waals surface area contributed by atoms with Crippen LogP contribution in [0.2, 0.25) is 5.02 Å². The summed E-state index contributed by atoms with van der Waals surface area (Å²) in [5, 5.41) is 9.58. The Morgan fingerprint density at radius 3 is 2.59 bits per heavy atom. The predicted molar refractivity (Wildman–Crippen MR) is 105 cm³/mol. The number of aryl methyl sites for hydroxylation is 1. The van der Waals surface area contributed by atoms with Crippen LogP contribution in [0.15, 0.2) is 47.4 Å². The van der Waals surface area contributed by atoms with E-state index in [0.29, 0.717) is 23.0 Å². The topological polar surface area (TPSA) is 83.5 Å². The Hall–Kier alpha value is -1.89. The van der Waals surface area contributed by atoms with Crippen LogP contribution >= 0.6 is 11.6 Å². The molecule has 1 aliphatic rings. The van der Waals surface area contributed by atoms with Gasteiger partial charge in [-0.25, -0.2) is 17.9 Å². The summed E-state index contributed by atoms with van der Waals surface area (Å²) in [7, 11) is -3.50. The molecule has 0 radical (unpaired) electrons. The lowest BCUT2D eigenvalue weighted by Gasteiger charge is -2.12. The molecule has 0 aromatic heterocycles. The van der Waals surface area contributed by atoms with Crippen molar-refractivity contribution in [3.8, 4) is 0 Å². The summed E-state index contributed by atoms with van der Waals surface area (Å²) in [5.41, 5.74) is 2.70. The first kappa shape index (κ1) is 19.9. The minimum atomic E-state index is -3.50. The standard InChI is InChI=1S/C20H22ClNO4S/c21-17-7-9-18(10-8-17)27(25,26)22-12-2-1-3-14-4-5-15-13-16(20(23)24)6-11-19(14)15/h6-11,13-14,22H,1-5,12H2,(H,23,24). The van der Waals surface area contributed by atoms with E-state index in [1.54, 1.807) is 24.3 Å². The monoisotopic (exact) mass is 407 g/mol. The van der Waals surface area contributed by atoms with E-state index in [1.807, 2.05) is 6.07 Å². The van der Waals surface area contributed by atoms with Crippen molar-refractivity contribution >= 4 is 27.6 Å². The number of rotatable bonds is 8. The Morgan fingerprint density at radius 1 is 1.15 bits per heavy atom. The largest absolute Gasteiger partial charge is 0.478 e. The molecule has 0 saturated heterocycles. The number of halogens is 1. The van der Waals surface area contributed by atoms with Crippen LogP contribution in [0.3, 0.4) is 0 Å². The van der Waals surface area contributed by atoms with E-state index in [9.17, 15) is 13.2 Å². The summed E-state index contributed by atoms with van der Waals surface area (Å²) in [5.74, 6) is -0.468. The van der Waals surface area contributed by atoms with Crippen LogP contribution in [-0.4, -0.2) is 26.0 Å². The number of hydrogen-bond acceptors (Lipinski definition) is 3. The summed E-state index contributed by atoms with van der Waals surface area (Å²) in [6, 6.07) is 11.5. The van der Waals surface area contributed by atoms with Gasteiger partial charge in [0.2, 0.25) is 10.0 Å². The fraction of sp³-hybridized carbons (Fsp3) is 0.350. The van der Waals surface area contributed by atoms with Crippen LogP contribution in [0.25, 0.3) is 0 Å². The zero-order valence-corrected chi connectivity index (χ0v) is 16.4. The lowest BCUT2D eigenvalue weighted by atomic mass is 9.94. The van der Waals surface area contributed by atoms with Gasteiger partial charge in [0.1, 0.15) is 0 Å². The first-order valence-electron chi connectivity index (χ1n) is 8.98. The molecule has 144 valence electrons. The van der Waals surface area contributed by atoms with Gasteiger partial charge >= 0.3 is 5.97 Å². The maximum absolute atomic E-state index is 12.2. The van der Waals surface area contributed by atoms with Crippen molar-refractivity contribution < 1.29 is 18.3 Å². The van der Waals surface area contributed by atoms with E-state index < -0.39 is 16.0 Å². The molecule has 0 spiro atoms. The van der Waals surface area contributed by atoms with Gasteiger partial charge in [0.25, 0.3) is 0 Å². The molecule has 0 heterocycles. The fourth-order valence-corrected chi connectivity index (χ4v) is 4.76. The average Bonchev–Trinajstić information content (AvgIpc) is 3.04. The maximum atomic E-state index is 12.2. The molecule has 2 N–H and O–H groups in total. The maximum Gasteiger partial charge on any atom is 0.335 e. The molecule has 1 aliphatic carbocycles. The van der Waals surface area contributed by atoms with Crippen LogP contribution in [0.1, 0.15) is 53.1 Å². The first-order valence-corrected chi connectivity index (χ1v) is 10.8. The number of carbonyl (C=O) groups is 1. The molecule has 0 fully saturated rings. The molecule has 1 unspecified atom stereocenters. The second kappa shape index (κ2) is 8.42. The van der Waals surface area contributed by atoms with E-state index >= 15 is 0 Å². The Kier molecular flexibility index (Phi) is 6.19. The third-order valence-electron chi connectivity index (χ3n) is 4.99. The van der Waals surface area contributed by atoms with E-state index in [-0.39, 0.29) is 4.90 Å².